The van der Waals surface area contributed by atoms with E-state index in [1.807, 2.05) is 42.8 Å². The Morgan fingerprint density at radius 2 is 2.00 bits per heavy atom. The molecule has 1 aliphatic heterocycles. The molecular weight excluding hydrogens is 400 g/mol. The number of aromatic nitrogens is 4. The summed E-state index contributed by atoms with van der Waals surface area (Å²) in [5.41, 5.74) is 3.62. The Balaban J connectivity index is 1.71. The number of benzene rings is 1. The van der Waals surface area contributed by atoms with Gasteiger partial charge in [0.25, 0.3) is 0 Å². The van der Waals surface area contributed by atoms with Crippen LogP contribution in [-0.4, -0.2) is 45.5 Å². The van der Waals surface area contributed by atoms with Crippen molar-refractivity contribution in [2.24, 2.45) is 5.92 Å². The van der Waals surface area contributed by atoms with E-state index >= 15 is 0 Å². The van der Waals surface area contributed by atoms with Crippen molar-refractivity contribution in [3.05, 3.63) is 40.7 Å². The molecule has 0 spiro atoms. The van der Waals surface area contributed by atoms with E-state index in [4.69, 9.17) is 16.7 Å². The Kier molecular flexibility index (Phi) is 5.90. The van der Waals surface area contributed by atoms with Gasteiger partial charge in [0.2, 0.25) is 5.91 Å². The van der Waals surface area contributed by atoms with Gasteiger partial charge in [-0.3, -0.25) is 4.79 Å². The molecule has 0 radical (unpaired) electrons. The molecule has 1 atom stereocenters. The van der Waals surface area contributed by atoms with Gasteiger partial charge in [0.1, 0.15) is 5.52 Å². The van der Waals surface area contributed by atoms with Crippen molar-refractivity contribution >= 4 is 34.2 Å². The Labute approximate surface area is 181 Å². The molecule has 1 N–H and O–H groups in total. The first-order valence-corrected chi connectivity index (χ1v) is 10.9. The third-order valence-electron chi connectivity index (χ3n) is 5.70. The number of amides is 1. The molecule has 1 aromatic carbocycles. The second kappa shape index (κ2) is 8.60. The van der Waals surface area contributed by atoms with E-state index in [1.54, 1.807) is 0 Å². The number of hydrogen-bond acceptors (Lipinski definition) is 5. The van der Waals surface area contributed by atoms with Crippen LogP contribution in [0, 0.1) is 19.8 Å². The molecule has 2 aromatic heterocycles. The van der Waals surface area contributed by atoms with Crippen molar-refractivity contribution in [3.8, 4) is 5.69 Å². The molecule has 1 saturated heterocycles. The zero-order valence-corrected chi connectivity index (χ0v) is 18.4. The minimum Gasteiger partial charge on any atom is -0.356 e. The number of carbonyl (C=O) groups excluding carboxylic acids is 1. The number of piperidine rings is 1. The van der Waals surface area contributed by atoms with Gasteiger partial charge in [-0.1, -0.05) is 18.5 Å². The summed E-state index contributed by atoms with van der Waals surface area (Å²) in [6.45, 7) is 8.25. The maximum atomic E-state index is 12.5. The molecule has 0 bridgehead atoms. The van der Waals surface area contributed by atoms with E-state index in [2.05, 4.69) is 27.3 Å². The van der Waals surface area contributed by atoms with Crippen molar-refractivity contribution in [1.82, 2.24) is 25.3 Å². The van der Waals surface area contributed by atoms with Gasteiger partial charge in [-0.15, -0.1) is 5.10 Å². The van der Waals surface area contributed by atoms with Gasteiger partial charge in [0.05, 0.1) is 28.4 Å². The first kappa shape index (κ1) is 20.6. The normalized spacial score (nSPS) is 16.8. The molecule has 0 unspecified atom stereocenters. The summed E-state index contributed by atoms with van der Waals surface area (Å²) >= 11 is 6.05. The largest absolute Gasteiger partial charge is 0.356 e. The lowest BCUT2D eigenvalue weighted by Gasteiger charge is -2.32. The van der Waals surface area contributed by atoms with Crippen LogP contribution in [0.25, 0.3) is 16.6 Å². The molecule has 4 rings (SSSR count). The van der Waals surface area contributed by atoms with E-state index in [-0.39, 0.29) is 11.8 Å². The van der Waals surface area contributed by atoms with Crippen molar-refractivity contribution in [3.63, 3.8) is 0 Å². The van der Waals surface area contributed by atoms with E-state index in [0.29, 0.717) is 18.1 Å². The number of nitrogens with one attached hydrogen (secondary N) is 1. The van der Waals surface area contributed by atoms with Crippen molar-refractivity contribution < 1.29 is 4.79 Å². The predicted molar refractivity (Wildman–Crippen MR) is 119 cm³/mol. The Morgan fingerprint density at radius 1 is 1.23 bits per heavy atom. The van der Waals surface area contributed by atoms with Crippen LogP contribution in [0.5, 0.6) is 0 Å². The van der Waals surface area contributed by atoms with Crippen LogP contribution >= 0.6 is 11.6 Å². The quantitative estimate of drug-likeness (QED) is 0.671. The van der Waals surface area contributed by atoms with Crippen molar-refractivity contribution in [2.45, 2.75) is 40.0 Å². The third kappa shape index (κ3) is 3.86. The number of hydrogen-bond donors (Lipinski definition) is 1. The minimum absolute atomic E-state index is 0.0390. The van der Waals surface area contributed by atoms with Gasteiger partial charge in [0, 0.05) is 24.7 Å². The fraction of sp³-hybridized carbons (Fsp3) is 0.455. The van der Waals surface area contributed by atoms with E-state index in [0.717, 1.165) is 59.6 Å². The van der Waals surface area contributed by atoms with E-state index < -0.39 is 0 Å². The minimum atomic E-state index is -0.0390. The zero-order valence-electron chi connectivity index (χ0n) is 17.7. The summed E-state index contributed by atoms with van der Waals surface area (Å²) in [7, 11) is 0. The lowest BCUT2D eigenvalue weighted by atomic mass is 9.97. The summed E-state index contributed by atoms with van der Waals surface area (Å²) in [4.78, 5) is 14.7. The maximum Gasteiger partial charge on any atom is 0.224 e. The van der Waals surface area contributed by atoms with Crippen molar-refractivity contribution in [1.29, 1.82) is 0 Å². The number of rotatable bonds is 5. The van der Waals surface area contributed by atoms with E-state index in [1.165, 1.54) is 0 Å². The van der Waals surface area contributed by atoms with Gasteiger partial charge >= 0.3 is 0 Å². The summed E-state index contributed by atoms with van der Waals surface area (Å²) in [6.07, 6.45) is 2.78. The lowest BCUT2D eigenvalue weighted by Crippen LogP contribution is -2.43. The number of halogens is 1. The van der Waals surface area contributed by atoms with Crippen LogP contribution in [0.4, 0.5) is 5.82 Å². The molecule has 158 valence electrons. The molecule has 7 nitrogen and oxygen atoms in total. The second-order valence-electron chi connectivity index (χ2n) is 7.88. The van der Waals surface area contributed by atoms with Crippen LogP contribution in [-0.2, 0) is 4.79 Å². The summed E-state index contributed by atoms with van der Waals surface area (Å²) in [5.74, 6) is 0.836. The van der Waals surface area contributed by atoms with Gasteiger partial charge < -0.3 is 10.2 Å². The molecule has 0 saturated carbocycles. The molecule has 3 aromatic rings. The first-order valence-electron chi connectivity index (χ1n) is 10.5. The first-order chi connectivity index (χ1) is 14.5. The van der Waals surface area contributed by atoms with Crippen LogP contribution in [0.15, 0.2) is 24.3 Å². The Hall–Kier alpha value is -2.67. The van der Waals surface area contributed by atoms with Gasteiger partial charge in [0.15, 0.2) is 5.82 Å². The standard InChI is InChI=1S/C22H27ClN6O/c1-4-11-24-22(30)16-6-5-12-28(13-16)21-20-19(14(2)25-26-21)15(3)29(27-20)18-9-7-17(23)8-10-18/h7-10,16H,4-6,11-13H2,1-3H3,(H,24,30)/t16-/m1/s1. The van der Waals surface area contributed by atoms with E-state index in [9.17, 15) is 4.79 Å². The monoisotopic (exact) mass is 426 g/mol. The molecule has 1 aliphatic rings. The molecule has 1 fully saturated rings. The van der Waals surface area contributed by atoms with Crippen LogP contribution < -0.4 is 10.2 Å². The van der Waals surface area contributed by atoms with Crippen LogP contribution in [0.1, 0.15) is 37.6 Å². The SMILES string of the molecule is CCCNC(=O)[C@@H]1CCCN(c2nnc(C)c3c(C)n(-c4ccc(Cl)cc4)nc23)C1. The summed E-state index contributed by atoms with van der Waals surface area (Å²) in [5, 5.41) is 18.5. The molecular formula is C22H27ClN6O. The molecule has 3 heterocycles. The summed E-state index contributed by atoms with van der Waals surface area (Å²) in [6, 6.07) is 7.62. The van der Waals surface area contributed by atoms with Gasteiger partial charge in [-0.05, 0) is 57.4 Å². The maximum absolute atomic E-state index is 12.5. The van der Waals surface area contributed by atoms with Crippen LogP contribution in [0.3, 0.4) is 0 Å². The highest BCUT2D eigenvalue weighted by Crippen LogP contribution is 2.31. The number of nitrogens with zero attached hydrogens (tertiary/aromatic N) is 5. The number of fused-ring (bicyclic) bond motifs is 1. The fourth-order valence-corrected chi connectivity index (χ4v) is 4.26. The molecule has 0 aliphatic carbocycles. The summed E-state index contributed by atoms with van der Waals surface area (Å²) < 4.78 is 1.91. The topological polar surface area (TPSA) is 75.9 Å². The van der Waals surface area contributed by atoms with Crippen LogP contribution in [0.2, 0.25) is 5.02 Å². The Morgan fingerprint density at radius 3 is 2.73 bits per heavy atom. The average molecular weight is 427 g/mol. The highest BCUT2D eigenvalue weighted by Gasteiger charge is 2.29. The second-order valence-corrected chi connectivity index (χ2v) is 8.32. The molecule has 8 heteroatoms. The van der Waals surface area contributed by atoms with Crippen molar-refractivity contribution in [2.75, 3.05) is 24.5 Å². The number of anilines is 1. The van der Waals surface area contributed by atoms with Gasteiger partial charge in [-0.25, -0.2) is 4.68 Å². The number of carbonyl (C=O) groups is 1. The Bertz CT molecular complexity index is 1060. The zero-order chi connectivity index (χ0) is 21.3. The highest BCUT2D eigenvalue weighted by atomic mass is 35.5. The predicted octanol–water partition coefficient (Wildman–Crippen LogP) is 3.83. The number of aryl methyl sites for hydroxylation is 2. The smallest absolute Gasteiger partial charge is 0.224 e. The highest BCUT2D eigenvalue weighted by molar-refractivity contribution is 6.30. The lowest BCUT2D eigenvalue weighted by molar-refractivity contribution is -0.125. The fourth-order valence-electron chi connectivity index (χ4n) is 4.13. The van der Waals surface area contributed by atoms with Gasteiger partial charge in [-0.2, -0.15) is 10.2 Å². The molecule has 1 amide bonds. The molecule has 30 heavy (non-hydrogen) atoms. The third-order valence-corrected chi connectivity index (χ3v) is 5.95. The average Bonchev–Trinajstić information content (AvgIpc) is 3.11.